The monoisotopic (exact) mass is 422 g/mol. The lowest BCUT2D eigenvalue weighted by Crippen LogP contribution is -2.46. The molecular formula is C23H38N2O5. The summed E-state index contributed by atoms with van der Waals surface area (Å²) in [5.41, 5.74) is -0.380. The molecule has 0 aliphatic heterocycles. The number of nitrogens with one attached hydrogen (secondary N) is 1. The lowest BCUT2D eigenvalue weighted by Gasteiger charge is -2.22. The molecule has 0 aromatic heterocycles. The third kappa shape index (κ3) is 10.2. The van der Waals surface area contributed by atoms with E-state index in [1.54, 1.807) is 0 Å². The van der Waals surface area contributed by atoms with Crippen molar-refractivity contribution in [3.05, 3.63) is 39.9 Å². The number of carbonyl (C=O) groups is 1. The Bertz CT molecular complexity index is 623. The zero-order valence-corrected chi connectivity index (χ0v) is 18.2. The molecule has 1 aromatic carbocycles. The van der Waals surface area contributed by atoms with Gasteiger partial charge in [0, 0.05) is 6.07 Å². The van der Waals surface area contributed by atoms with Crippen LogP contribution in [0.15, 0.2) is 24.3 Å². The average Bonchev–Trinajstić information content (AvgIpc) is 2.75. The highest BCUT2D eigenvalue weighted by Gasteiger charge is 2.25. The molecular weight excluding hydrogens is 384 g/mol. The van der Waals surface area contributed by atoms with Crippen LogP contribution in [0.5, 0.6) is 0 Å². The van der Waals surface area contributed by atoms with Crippen molar-refractivity contribution in [1.82, 2.24) is 5.32 Å². The maximum absolute atomic E-state index is 12.4. The molecule has 3 N–H and O–H groups in total. The zero-order chi connectivity index (χ0) is 22.2. The van der Waals surface area contributed by atoms with Gasteiger partial charge in [0.2, 0.25) is 0 Å². The molecule has 0 bridgehead atoms. The number of hydrogen-bond donors (Lipinski definition) is 3. The smallest absolute Gasteiger partial charge is 0.282 e. The number of para-hydroxylation sites is 1. The maximum Gasteiger partial charge on any atom is 0.282 e. The molecule has 0 aliphatic carbocycles. The summed E-state index contributed by atoms with van der Waals surface area (Å²) >= 11 is 0. The van der Waals surface area contributed by atoms with E-state index < -0.39 is 29.6 Å². The SMILES string of the molecule is CCCCCCCCCCCCCC(O)C(CO)NC(=O)c1ccccc1[N+](=O)[O-]. The third-order valence-electron chi connectivity index (χ3n) is 5.43. The van der Waals surface area contributed by atoms with E-state index in [1.165, 1.54) is 75.6 Å². The number of amides is 1. The Morgan fingerprint density at radius 3 is 2.07 bits per heavy atom. The minimum absolute atomic E-state index is 0.0807. The molecule has 30 heavy (non-hydrogen) atoms. The molecule has 0 fully saturated rings. The summed E-state index contributed by atoms with van der Waals surface area (Å²) in [5, 5.41) is 33.5. The highest BCUT2D eigenvalue weighted by Crippen LogP contribution is 2.18. The minimum Gasteiger partial charge on any atom is -0.394 e. The number of nitrogens with zero attached hydrogens (tertiary/aromatic N) is 1. The number of rotatable bonds is 17. The van der Waals surface area contributed by atoms with Gasteiger partial charge in [0.25, 0.3) is 11.6 Å². The Labute approximate surface area is 180 Å². The number of aliphatic hydroxyl groups excluding tert-OH is 2. The van der Waals surface area contributed by atoms with E-state index in [9.17, 15) is 25.1 Å². The van der Waals surface area contributed by atoms with Crippen molar-refractivity contribution < 1.29 is 19.9 Å². The number of hydrogen-bond acceptors (Lipinski definition) is 5. The van der Waals surface area contributed by atoms with Crippen molar-refractivity contribution in [3.8, 4) is 0 Å². The van der Waals surface area contributed by atoms with Crippen LogP contribution < -0.4 is 5.32 Å². The van der Waals surface area contributed by atoms with Gasteiger partial charge in [-0.05, 0) is 12.5 Å². The predicted molar refractivity (Wildman–Crippen MR) is 119 cm³/mol. The molecule has 0 heterocycles. The number of carbonyl (C=O) groups excluding carboxylic acids is 1. The molecule has 0 spiro atoms. The van der Waals surface area contributed by atoms with E-state index in [-0.39, 0.29) is 11.3 Å². The first-order chi connectivity index (χ1) is 14.5. The molecule has 7 nitrogen and oxygen atoms in total. The molecule has 2 unspecified atom stereocenters. The standard InChI is InChI=1S/C23H38N2O5/c1-2-3-4-5-6-7-8-9-10-11-12-17-22(27)20(18-26)24-23(28)19-15-13-14-16-21(19)25(29)30/h13-16,20,22,26-27H,2-12,17-18H2,1H3,(H,24,28). The van der Waals surface area contributed by atoms with Crippen molar-refractivity contribution in [2.24, 2.45) is 0 Å². The lowest BCUT2D eigenvalue weighted by molar-refractivity contribution is -0.385. The third-order valence-corrected chi connectivity index (χ3v) is 5.43. The molecule has 7 heteroatoms. The summed E-state index contributed by atoms with van der Waals surface area (Å²) in [6, 6.07) is 4.79. The summed E-state index contributed by atoms with van der Waals surface area (Å²) in [4.78, 5) is 22.8. The van der Waals surface area contributed by atoms with Gasteiger partial charge in [0.05, 0.1) is 23.7 Å². The fourth-order valence-electron chi connectivity index (χ4n) is 3.55. The van der Waals surface area contributed by atoms with Crippen LogP contribution in [0.25, 0.3) is 0 Å². The summed E-state index contributed by atoms with van der Waals surface area (Å²) in [7, 11) is 0. The van der Waals surface area contributed by atoms with Gasteiger partial charge in [0.1, 0.15) is 5.56 Å². The molecule has 0 aliphatic rings. The summed E-state index contributed by atoms with van der Waals surface area (Å²) in [6.07, 6.45) is 12.9. The number of nitro benzene ring substituents is 1. The molecule has 170 valence electrons. The average molecular weight is 423 g/mol. The van der Waals surface area contributed by atoms with E-state index >= 15 is 0 Å². The fourth-order valence-corrected chi connectivity index (χ4v) is 3.55. The highest BCUT2D eigenvalue weighted by molar-refractivity contribution is 5.98. The van der Waals surface area contributed by atoms with E-state index in [2.05, 4.69) is 12.2 Å². The van der Waals surface area contributed by atoms with Crippen LogP contribution in [0.3, 0.4) is 0 Å². The van der Waals surface area contributed by atoms with Gasteiger partial charge in [-0.15, -0.1) is 0 Å². The summed E-state index contributed by atoms with van der Waals surface area (Å²) in [5.74, 6) is -0.667. The van der Waals surface area contributed by atoms with Crippen molar-refractivity contribution in [2.75, 3.05) is 6.61 Å². The zero-order valence-electron chi connectivity index (χ0n) is 18.2. The fraction of sp³-hybridized carbons (Fsp3) is 0.696. The first-order valence-corrected chi connectivity index (χ1v) is 11.3. The van der Waals surface area contributed by atoms with E-state index in [4.69, 9.17) is 0 Å². The Balaban J connectivity index is 2.26. The number of benzene rings is 1. The van der Waals surface area contributed by atoms with E-state index in [0.29, 0.717) is 6.42 Å². The Hall–Kier alpha value is -1.99. The number of unbranched alkanes of at least 4 members (excludes halogenated alkanes) is 10. The molecule has 0 saturated heterocycles. The highest BCUT2D eigenvalue weighted by atomic mass is 16.6. The predicted octanol–water partition coefficient (Wildman–Crippen LogP) is 4.75. The molecule has 1 aromatic rings. The van der Waals surface area contributed by atoms with Crippen molar-refractivity contribution in [2.45, 2.75) is 96.1 Å². The largest absolute Gasteiger partial charge is 0.394 e. The van der Waals surface area contributed by atoms with Crippen LogP contribution in [-0.2, 0) is 0 Å². The molecule has 1 rings (SSSR count). The van der Waals surface area contributed by atoms with Crippen LogP contribution in [0.2, 0.25) is 0 Å². The van der Waals surface area contributed by atoms with Crippen molar-refractivity contribution >= 4 is 11.6 Å². The van der Waals surface area contributed by atoms with Crippen molar-refractivity contribution in [3.63, 3.8) is 0 Å². The second-order valence-corrected chi connectivity index (χ2v) is 7.93. The topological polar surface area (TPSA) is 113 Å². The maximum atomic E-state index is 12.4. The molecule has 0 saturated carbocycles. The van der Waals surface area contributed by atoms with Crippen LogP contribution in [-0.4, -0.2) is 39.8 Å². The molecule has 2 atom stereocenters. The number of aliphatic hydroxyl groups is 2. The van der Waals surface area contributed by atoms with Gasteiger partial charge in [-0.2, -0.15) is 0 Å². The van der Waals surface area contributed by atoms with Crippen LogP contribution in [0, 0.1) is 10.1 Å². The van der Waals surface area contributed by atoms with Gasteiger partial charge < -0.3 is 15.5 Å². The van der Waals surface area contributed by atoms with E-state index in [1.807, 2.05) is 0 Å². The first kappa shape index (κ1) is 26.0. The van der Waals surface area contributed by atoms with Gasteiger partial charge >= 0.3 is 0 Å². The number of nitro groups is 1. The summed E-state index contributed by atoms with van der Waals surface area (Å²) < 4.78 is 0. The van der Waals surface area contributed by atoms with Crippen LogP contribution >= 0.6 is 0 Å². The van der Waals surface area contributed by atoms with Gasteiger partial charge in [-0.1, -0.05) is 89.7 Å². The summed E-state index contributed by atoms with van der Waals surface area (Å²) in [6.45, 7) is 1.80. The van der Waals surface area contributed by atoms with E-state index in [0.717, 1.165) is 19.3 Å². The second kappa shape index (κ2) is 15.8. The first-order valence-electron chi connectivity index (χ1n) is 11.3. The minimum atomic E-state index is -0.889. The van der Waals surface area contributed by atoms with Gasteiger partial charge in [0.15, 0.2) is 0 Å². The van der Waals surface area contributed by atoms with Gasteiger partial charge in [-0.3, -0.25) is 14.9 Å². The van der Waals surface area contributed by atoms with Crippen molar-refractivity contribution in [1.29, 1.82) is 0 Å². The Morgan fingerprint density at radius 2 is 1.53 bits per heavy atom. The quantitative estimate of drug-likeness (QED) is 0.190. The molecule has 0 radical (unpaired) electrons. The Kier molecular flexibility index (Phi) is 13.7. The molecule has 1 amide bonds. The van der Waals surface area contributed by atoms with Gasteiger partial charge in [-0.25, -0.2) is 0 Å². The van der Waals surface area contributed by atoms with Crippen LogP contribution in [0.1, 0.15) is 94.3 Å². The Morgan fingerprint density at radius 1 is 1.00 bits per heavy atom. The van der Waals surface area contributed by atoms with Crippen LogP contribution in [0.4, 0.5) is 5.69 Å². The normalized spacial score (nSPS) is 13.0. The lowest BCUT2D eigenvalue weighted by atomic mass is 10.0. The second-order valence-electron chi connectivity index (χ2n) is 7.93.